The molecule has 4 rings (SSSR count). The molecule has 0 bridgehead atoms. The van der Waals surface area contributed by atoms with Crippen LogP contribution in [0.15, 0.2) is 93.9 Å². The lowest BCUT2D eigenvalue weighted by atomic mass is 9.91. The first-order valence-electron chi connectivity index (χ1n) is 11.4. The summed E-state index contributed by atoms with van der Waals surface area (Å²) in [5.41, 5.74) is 2.43. The molecule has 0 aliphatic carbocycles. The number of hydrazone groups is 1. The van der Waals surface area contributed by atoms with Gasteiger partial charge in [-0.1, -0.05) is 65.7 Å². The zero-order valence-electron chi connectivity index (χ0n) is 20.2. The molecule has 0 unspecified atom stereocenters. The van der Waals surface area contributed by atoms with E-state index in [1.807, 2.05) is 42.5 Å². The number of nitrogens with zero attached hydrogens (tertiary/aromatic N) is 3. The third-order valence-electron chi connectivity index (χ3n) is 5.67. The second kappa shape index (κ2) is 11.4. The fourth-order valence-corrected chi connectivity index (χ4v) is 5.99. The van der Waals surface area contributed by atoms with Gasteiger partial charge < -0.3 is 0 Å². The molecule has 0 aromatic heterocycles. The molecule has 0 saturated carbocycles. The van der Waals surface area contributed by atoms with Crippen LogP contribution < -0.4 is 9.86 Å². The Bertz CT molecular complexity index is 1560. The SMILES string of the molecule is C[C@H](CS(N)(=O)=O)/N=C(/NS(=O)(=O)c1ccc(Cl)cc1)N1C[C@H](c2ccccc2)C(c2ccc(Cl)cc2)=N1. The minimum Gasteiger partial charge on any atom is -0.248 e. The van der Waals surface area contributed by atoms with Crippen LogP contribution in [0.3, 0.4) is 0 Å². The summed E-state index contributed by atoms with van der Waals surface area (Å²) in [5, 5.41) is 12.3. The Labute approximate surface area is 232 Å². The van der Waals surface area contributed by atoms with E-state index in [0.29, 0.717) is 15.8 Å². The van der Waals surface area contributed by atoms with Crippen molar-refractivity contribution in [2.75, 3.05) is 12.3 Å². The summed E-state index contributed by atoms with van der Waals surface area (Å²) in [7, 11) is -7.99. The predicted molar refractivity (Wildman–Crippen MR) is 151 cm³/mol. The van der Waals surface area contributed by atoms with E-state index in [-0.39, 0.29) is 23.3 Å². The normalized spacial score (nSPS) is 17.3. The standard InChI is InChI=1S/C25H25Cl2N5O4S2/c1-17(16-37(28,33)34)29-25(31-38(35,36)22-13-11-21(27)12-14-22)32-15-23(18-5-3-2-4-6-18)24(30-32)19-7-9-20(26)10-8-19/h2-14,17,23H,15-16H2,1H3,(H,29,31)(H2,28,33,34)/t17-,23-/m1/s1. The van der Waals surface area contributed by atoms with Gasteiger partial charge in [0.1, 0.15) is 0 Å². The van der Waals surface area contributed by atoms with Crippen molar-refractivity contribution in [3.63, 3.8) is 0 Å². The molecule has 1 heterocycles. The van der Waals surface area contributed by atoms with Crippen molar-refractivity contribution in [3.8, 4) is 0 Å². The molecule has 9 nitrogen and oxygen atoms in total. The van der Waals surface area contributed by atoms with Gasteiger partial charge in [-0.2, -0.15) is 5.10 Å². The Morgan fingerprint density at radius 2 is 1.58 bits per heavy atom. The van der Waals surface area contributed by atoms with Crippen LogP contribution in [0.4, 0.5) is 0 Å². The molecule has 1 aliphatic heterocycles. The maximum Gasteiger partial charge on any atom is 0.264 e. The van der Waals surface area contributed by atoms with Gasteiger partial charge in [0.2, 0.25) is 16.0 Å². The van der Waals surface area contributed by atoms with Gasteiger partial charge in [-0.15, -0.1) is 0 Å². The van der Waals surface area contributed by atoms with E-state index >= 15 is 0 Å². The molecule has 2 atom stereocenters. The Kier molecular flexibility index (Phi) is 8.43. The number of guanidine groups is 1. The van der Waals surface area contributed by atoms with E-state index in [1.165, 1.54) is 36.2 Å². The Morgan fingerprint density at radius 1 is 1.00 bits per heavy atom. The highest BCUT2D eigenvalue weighted by Gasteiger charge is 2.33. The molecule has 0 radical (unpaired) electrons. The average molecular weight is 595 g/mol. The summed E-state index contributed by atoms with van der Waals surface area (Å²) >= 11 is 12.0. The third kappa shape index (κ3) is 7.12. The zero-order chi connectivity index (χ0) is 27.5. The zero-order valence-corrected chi connectivity index (χ0v) is 23.3. The van der Waals surface area contributed by atoms with E-state index in [0.717, 1.165) is 11.1 Å². The molecule has 13 heteroatoms. The lowest BCUT2D eigenvalue weighted by Crippen LogP contribution is -2.42. The number of primary sulfonamides is 1. The fraction of sp³-hybridized carbons (Fsp3) is 0.200. The van der Waals surface area contributed by atoms with Gasteiger partial charge in [0.15, 0.2) is 0 Å². The van der Waals surface area contributed by atoms with Crippen LogP contribution in [-0.2, 0) is 20.0 Å². The Hall–Kier alpha value is -2.96. The van der Waals surface area contributed by atoms with Crippen LogP contribution in [0.1, 0.15) is 24.0 Å². The second-order valence-electron chi connectivity index (χ2n) is 8.73. The molecule has 1 aliphatic rings. The molecule has 0 spiro atoms. The second-order valence-corrected chi connectivity index (χ2v) is 12.9. The van der Waals surface area contributed by atoms with Gasteiger partial charge in [0, 0.05) is 16.0 Å². The molecular formula is C25H25Cl2N5O4S2. The van der Waals surface area contributed by atoms with Crippen molar-refractivity contribution in [2.24, 2.45) is 15.2 Å². The lowest BCUT2D eigenvalue weighted by molar-refractivity contribution is 0.458. The van der Waals surface area contributed by atoms with Crippen LogP contribution in [0.5, 0.6) is 0 Å². The summed E-state index contributed by atoms with van der Waals surface area (Å²) in [5.74, 6) is -0.861. The van der Waals surface area contributed by atoms with E-state index in [1.54, 1.807) is 12.1 Å². The Morgan fingerprint density at radius 3 is 2.16 bits per heavy atom. The van der Waals surface area contributed by atoms with Crippen LogP contribution in [0.2, 0.25) is 10.0 Å². The van der Waals surface area contributed by atoms with Crippen molar-refractivity contribution >= 4 is 54.9 Å². The predicted octanol–water partition coefficient (Wildman–Crippen LogP) is 3.81. The number of nitrogens with two attached hydrogens (primary N) is 1. The van der Waals surface area contributed by atoms with E-state index in [4.69, 9.17) is 33.4 Å². The first-order valence-corrected chi connectivity index (χ1v) is 15.4. The number of aliphatic imine (C=N–C) groups is 1. The molecule has 38 heavy (non-hydrogen) atoms. The van der Waals surface area contributed by atoms with Gasteiger partial charge in [0.25, 0.3) is 10.0 Å². The van der Waals surface area contributed by atoms with Crippen molar-refractivity contribution in [1.29, 1.82) is 0 Å². The lowest BCUT2D eigenvalue weighted by Gasteiger charge is -2.21. The van der Waals surface area contributed by atoms with Crippen molar-refractivity contribution in [3.05, 3.63) is 100 Å². The van der Waals surface area contributed by atoms with Gasteiger partial charge in [0.05, 0.1) is 28.9 Å². The maximum atomic E-state index is 13.3. The van der Waals surface area contributed by atoms with Gasteiger partial charge in [-0.3, -0.25) is 0 Å². The van der Waals surface area contributed by atoms with Crippen molar-refractivity contribution < 1.29 is 16.8 Å². The summed E-state index contributed by atoms with van der Waals surface area (Å²) < 4.78 is 52.4. The monoisotopic (exact) mass is 593 g/mol. The molecule has 0 fully saturated rings. The van der Waals surface area contributed by atoms with Gasteiger partial charge in [-0.25, -0.2) is 36.7 Å². The molecular weight excluding hydrogens is 569 g/mol. The van der Waals surface area contributed by atoms with Gasteiger partial charge >= 0.3 is 0 Å². The molecule has 0 saturated heterocycles. The molecule has 0 amide bonds. The highest BCUT2D eigenvalue weighted by molar-refractivity contribution is 7.90. The number of hydrogen-bond donors (Lipinski definition) is 2. The summed E-state index contributed by atoms with van der Waals surface area (Å²) in [4.78, 5) is 4.33. The van der Waals surface area contributed by atoms with Crippen LogP contribution in [0.25, 0.3) is 0 Å². The highest BCUT2D eigenvalue weighted by Crippen LogP contribution is 2.30. The molecule has 200 valence electrons. The number of hydrogen-bond acceptors (Lipinski definition) is 6. The van der Waals surface area contributed by atoms with Crippen molar-refractivity contribution in [1.82, 2.24) is 9.73 Å². The first kappa shape index (κ1) is 28.1. The van der Waals surface area contributed by atoms with Crippen LogP contribution in [-0.4, -0.2) is 51.9 Å². The third-order valence-corrected chi connectivity index (χ3v) is 8.46. The summed E-state index contributed by atoms with van der Waals surface area (Å²) in [6, 6.07) is 21.5. The van der Waals surface area contributed by atoms with E-state index in [2.05, 4.69) is 9.71 Å². The van der Waals surface area contributed by atoms with Crippen LogP contribution in [0, 0.1) is 0 Å². The number of rotatable bonds is 7. The summed E-state index contributed by atoms with van der Waals surface area (Å²) in [6.07, 6.45) is 0. The molecule has 3 aromatic carbocycles. The molecule has 3 N–H and O–H groups in total. The average Bonchev–Trinajstić information content (AvgIpc) is 3.29. The number of benzene rings is 3. The van der Waals surface area contributed by atoms with Gasteiger partial charge in [-0.05, 0) is 54.4 Å². The van der Waals surface area contributed by atoms with E-state index in [9.17, 15) is 16.8 Å². The van der Waals surface area contributed by atoms with Crippen LogP contribution >= 0.6 is 23.2 Å². The summed E-state index contributed by atoms with van der Waals surface area (Å²) in [6.45, 7) is 1.77. The Balaban J connectivity index is 1.77. The number of halogens is 2. The fourth-order valence-electron chi connectivity index (χ4n) is 3.98. The minimum atomic E-state index is -4.12. The topological polar surface area (TPSA) is 134 Å². The van der Waals surface area contributed by atoms with Crippen molar-refractivity contribution in [2.45, 2.75) is 23.8 Å². The smallest absolute Gasteiger partial charge is 0.248 e. The van der Waals surface area contributed by atoms with E-state index < -0.39 is 31.8 Å². The minimum absolute atomic E-state index is 0.0468. The largest absolute Gasteiger partial charge is 0.264 e. The number of nitrogens with one attached hydrogen (secondary N) is 1. The quantitative estimate of drug-likeness (QED) is 0.317. The number of sulfonamides is 2. The molecule has 3 aromatic rings. The maximum absolute atomic E-state index is 13.3. The first-order chi connectivity index (χ1) is 17.9. The highest BCUT2D eigenvalue weighted by atomic mass is 35.5.